The fourth-order valence-electron chi connectivity index (χ4n) is 0.631. The molecule has 0 rings (SSSR count). The van der Waals surface area contributed by atoms with E-state index in [2.05, 4.69) is 5.32 Å². The highest BCUT2D eigenvalue weighted by atomic mass is 33.1. The normalized spacial score (nSPS) is 9.64. The van der Waals surface area contributed by atoms with E-state index in [0.717, 1.165) is 18.7 Å². The summed E-state index contributed by atoms with van der Waals surface area (Å²) >= 11 is 0. The molecule has 0 aliphatic carbocycles. The lowest BCUT2D eigenvalue weighted by molar-refractivity contribution is -0.120. The van der Waals surface area contributed by atoms with Crippen LogP contribution in [0.4, 0.5) is 0 Å². The Bertz CT molecular complexity index is 109. The predicted octanol–water partition coefficient (Wildman–Crippen LogP) is 1.91. The minimum absolute atomic E-state index is 0.175. The minimum Gasteiger partial charge on any atom is -0.355 e. The largest absolute Gasteiger partial charge is 0.355 e. The highest BCUT2D eigenvalue weighted by Gasteiger charge is 1.96. The second-order valence-corrected chi connectivity index (χ2v) is 4.77. The Kier molecular flexibility index (Phi) is 8.40. The molecule has 0 aromatic rings. The maximum atomic E-state index is 10.9. The molecule has 1 amide bonds. The summed E-state index contributed by atoms with van der Waals surface area (Å²) in [5.74, 6) is 1.17. The fourth-order valence-corrected chi connectivity index (χ4v) is 1.73. The molecular formula is C7H15NOS2. The first kappa shape index (κ1) is 11.2. The van der Waals surface area contributed by atoms with Gasteiger partial charge in [-0.2, -0.15) is 0 Å². The lowest BCUT2D eigenvalue weighted by Gasteiger charge is -2.01. The maximum Gasteiger partial charge on any atom is 0.220 e. The summed E-state index contributed by atoms with van der Waals surface area (Å²) in [6, 6.07) is 0. The van der Waals surface area contributed by atoms with Gasteiger partial charge in [0, 0.05) is 18.7 Å². The van der Waals surface area contributed by atoms with Gasteiger partial charge in [0.05, 0.1) is 0 Å². The van der Waals surface area contributed by atoms with Crippen molar-refractivity contribution in [1.29, 1.82) is 0 Å². The molecule has 4 heteroatoms. The average molecular weight is 193 g/mol. The number of carbonyl (C=O) groups is 1. The molecule has 0 aliphatic heterocycles. The first-order chi connectivity index (χ1) is 5.31. The van der Waals surface area contributed by atoms with Crippen LogP contribution in [0.3, 0.4) is 0 Å². The van der Waals surface area contributed by atoms with Crippen molar-refractivity contribution in [3.8, 4) is 0 Å². The molecule has 0 saturated heterocycles. The molecule has 0 bridgehead atoms. The smallest absolute Gasteiger partial charge is 0.220 e. The van der Waals surface area contributed by atoms with Gasteiger partial charge in [-0.15, -0.1) is 0 Å². The van der Waals surface area contributed by atoms with Gasteiger partial charge in [0.1, 0.15) is 0 Å². The third-order valence-corrected chi connectivity index (χ3v) is 2.92. The van der Waals surface area contributed by atoms with Crippen LogP contribution in [-0.2, 0) is 4.79 Å². The zero-order chi connectivity index (χ0) is 8.53. The Morgan fingerprint density at radius 2 is 2.27 bits per heavy atom. The van der Waals surface area contributed by atoms with Crippen molar-refractivity contribution in [3.05, 3.63) is 0 Å². The molecule has 0 saturated carbocycles. The first-order valence-corrected chi connectivity index (χ1v) is 6.46. The number of carbonyl (C=O) groups excluding carboxylic acids is 1. The Morgan fingerprint density at radius 1 is 1.55 bits per heavy atom. The molecule has 0 unspecified atom stereocenters. The third kappa shape index (κ3) is 8.07. The molecule has 0 aromatic heterocycles. The van der Waals surface area contributed by atoms with Gasteiger partial charge in [-0.3, -0.25) is 4.79 Å². The number of hydrogen-bond donors (Lipinski definition) is 1. The number of nitrogens with one attached hydrogen (secondary N) is 1. The number of amides is 1. The summed E-state index contributed by atoms with van der Waals surface area (Å²) in [5.41, 5.74) is 0. The zero-order valence-electron chi connectivity index (χ0n) is 7.05. The van der Waals surface area contributed by atoms with E-state index >= 15 is 0 Å². The van der Waals surface area contributed by atoms with Crippen LogP contribution in [0, 0.1) is 0 Å². The van der Waals surface area contributed by atoms with Crippen molar-refractivity contribution in [2.75, 3.05) is 18.6 Å². The van der Waals surface area contributed by atoms with Crippen LogP contribution >= 0.6 is 21.6 Å². The summed E-state index contributed by atoms with van der Waals surface area (Å²) in [4.78, 5) is 10.9. The van der Waals surface area contributed by atoms with E-state index in [0.29, 0.717) is 6.42 Å². The van der Waals surface area contributed by atoms with Gasteiger partial charge < -0.3 is 5.32 Å². The number of hydrogen-bond acceptors (Lipinski definition) is 3. The molecule has 2 nitrogen and oxygen atoms in total. The first-order valence-electron chi connectivity index (χ1n) is 3.73. The highest BCUT2D eigenvalue weighted by molar-refractivity contribution is 8.76. The quantitative estimate of drug-likeness (QED) is 0.516. The molecule has 0 aliphatic rings. The van der Waals surface area contributed by atoms with Crippen LogP contribution in [0.1, 0.15) is 19.8 Å². The zero-order valence-corrected chi connectivity index (χ0v) is 8.69. The summed E-state index contributed by atoms with van der Waals surface area (Å²) in [6.07, 6.45) is 3.63. The average Bonchev–Trinajstić information content (AvgIpc) is 1.99. The summed E-state index contributed by atoms with van der Waals surface area (Å²) in [6.45, 7) is 2.81. The highest BCUT2D eigenvalue weighted by Crippen LogP contribution is 2.14. The van der Waals surface area contributed by atoms with E-state index in [1.165, 1.54) is 0 Å². The monoisotopic (exact) mass is 193 g/mol. The molecule has 0 radical (unpaired) electrons. The Balaban J connectivity index is 3.04. The Morgan fingerprint density at radius 3 is 2.82 bits per heavy atom. The van der Waals surface area contributed by atoms with E-state index in [4.69, 9.17) is 0 Å². The van der Waals surface area contributed by atoms with E-state index in [1.807, 2.05) is 13.2 Å². The fraction of sp³-hybridized carbons (Fsp3) is 0.857. The molecule has 0 aromatic carbocycles. The van der Waals surface area contributed by atoms with Gasteiger partial charge in [0.25, 0.3) is 0 Å². The van der Waals surface area contributed by atoms with Crippen molar-refractivity contribution in [3.63, 3.8) is 0 Å². The number of rotatable bonds is 6. The van der Waals surface area contributed by atoms with Gasteiger partial charge in [0.15, 0.2) is 0 Å². The maximum absolute atomic E-state index is 10.9. The topological polar surface area (TPSA) is 29.1 Å². The SMILES string of the molecule is CCCC(=O)NCCSSC. The van der Waals surface area contributed by atoms with Gasteiger partial charge in [0.2, 0.25) is 5.91 Å². The van der Waals surface area contributed by atoms with E-state index in [1.54, 1.807) is 21.6 Å². The minimum atomic E-state index is 0.175. The lowest BCUT2D eigenvalue weighted by Crippen LogP contribution is -2.24. The predicted molar refractivity (Wildman–Crippen MR) is 53.9 cm³/mol. The molecule has 11 heavy (non-hydrogen) atoms. The Labute approximate surface area is 76.3 Å². The van der Waals surface area contributed by atoms with Crippen LogP contribution in [0.2, 0.25) is 0 Å². The lowest BCUT2D eigenvalue weighted by atomic mass is 10.3. The molecule has 1 N–H and O–H groups in total. The van der Waals surface area contributed by atoms with Gasteiger partial charge >= 0.3 is 0 Å². The van der Waals surface area contributed by atoms with E-state index < -0.39 is 0 Å². The standard InChI is InChI=1S/C7H15NOS2/c1-3-4-7(9)8-5-6-11-10-2/h3-6H2,1-2H3,(H,8,9). The molecular weight excluding hydrogens is 178 g/mol. The van der Waals surface area contributed by atoms with Gasteiger partial charge in [-0.05, 0) is 12.7 Å². The van der Waals surface area contributed by atoms with Gasteiger partial charge in [-0.25, -0.2) is 0 Å². The van der Waals surface area contributed by atoms with Crippen LogP contribution in [-0.4, -0.2) is 24.5 Å². The summed E-state index contributed by atoms with van der Waals surface area (Å²) in [5, 5.41) is 2.85. The van der Waals surface area contributed by atoms with Crippen LogP contribution in [0.15, 0.2) is 0 Å². The van der Waals surface area contributed by atoms with Crippen molar-refractivity contribution in [1.82, 2.24) is 5.32 Å². The van der Waals surface area contributed by atoms with Crippen LogP contribution in [0.5, 0.6) is 0 Å². The van der Waals surface area contributed by atoms with Crippen molar-refractivity contribution in [2.45, 2.75) is 19.8 Å². The van der Waals surface area contributed by atoms with Crippen molar-refractivity contribution >= 4 is 27.5 Å². The molecule has 0 atom stereocenters. The molecule has 0 fully saturated rings. The third-order valence-electron chi connectivity index (χ3n) is 1.10. The van der Waals surface area contributed by atoms with Crippen molar-refractivity contribution in [2.24, 2.45) is 0 Å². The van der Waals surface area contributed by atoms with E-state index in [9.17, 15) is 4.79 Å². The second kappa shape index (κ2) is 8.27. The molecule has 0 spiro atoms. The van der Waals surface area contributed by atoms with E-state index in [-0.39, 0.29) is 5.91 Å². The Hall–Kier alpha value is 0.170. The summed E-state index contributed by atoms with van der Waals surface area (Å²) < 4.78 is 0. The van der Waals surface area contributed by atoms with Crippen LogP contribution < -0.4 is 5.32 Å². The summed E-state index contributed by atoms with van der Waals surface area (Å²) in [7, 11) is 3.50. The van der Waals surface area contributed by atoms with Crippen molar-refractivity contribution < 1.29 is 4.79 Å². The molecule has 0 heterocycles. The van der Waals surface area contributed by atoms with Gasteiger partial charge in [-0.1, -0.05) is 28.5 Å². The van der Waals surface area contributed by atoms with Crippen LogP contribution in [0.25, 0.3) is 0 Å². The second-order valence-electron chi connectivity index (χ2n) is 2.09. The molecule has 66 valence electrons.